The zero-order valence-corrected chi connectivity index (χ0v) is 15.3. The lowest BCUT2D eigenvalue weighted by molar-refractivity contribution is 0.310. The normalized spacial score (nSPS) is 17.0. The number of aromatic nitrogens is 6. The second kappa shape index (κ2) is 6.32. The fourth-order valence-electron chi connectivity index (χ4n) is 3.16. The van der Waals surface area contributed by atoms with Gasteiger partial charge in [-0.2, -0.15) is 8.82 Å². The topological polar surface area (TPSA) is 108 Å². The summed E-state index contributed by atoms with van der Waals surface area (Å²) >= 11 is 0. The van der Waals surface area contributed by atoms with Crippen molar-refractivity contribution in [3.05, 3.63) is 30.5 Å². The molecule has 4 heterocycles. The van der Waals surface area contributed by atoms with Crippen LogP contribution < -0.4 is 4.74 Å². The van der Waals surface area contributed by atoms with Gasteiger partial charge in [0.05, 0.1) is 13.4 Å². The van der Waals surface area contributed by atoms with Crippen molar-refractivity contribution in [2.24, 2.45) is 7.05 Å². The molecule has 26 heavy (non-hydrogen) atoms. The Balaban J connectivity index is 1.54. The van der Waals surface area contributed by atoms with E-state index in [1.54, 1.807) is 35.4 Å². The predicted molar refractivity (Wildman–Crippen MR) is 91.3 cm³/mol. The second-order valence-corrected chi connectivity index (χ2v) is 8.14. The minimum Gasteiger partial charge on any atom is -0.480 e. The maximum atomic E-state index is 12.7. The van der Waals surface area contributed by atoms with Gasteiger partial charge in [0.15, 0.2) is 16.5 Å². The maximum Gasteiger partial charge on any atom is 0.262 e. The van der Waals surface area contributed by atoms with E-state index in [-0.39, 0.29) is 10.9 Å². The van der Waals surface area contributed by atoms with Gasteiger partial charge in [-0.1, -0.05) is 0 Å². The minimum atomic E-state index is -3.56. The molecule has 3 aromatic heterocycles. The SMILES string of the molecule is COc1ccc2nnc(C3CCN(S(=O)(=O)c4cn(C)cn4)CC3)n2n1. The first-order valence-electron chi connectivity index (χ1n) is 8.23. The third kappa shape index (κ3) is 2.82. The molecule has 0 unspecified atom stereocenters. The third-order valence-corrected chi connectivity index (χ3v) is 6.36. The van der Waals surface area contributed by atoms with E-state index < -0.39 is 10.0 Å². The van der Waals surface area contributed by atoms with Gasteiger partial charge in [-0.3, -0.25) is 0 Å². The average Bonchev–Trinajstić information content (AvgIpc) is 3.27. The number of methoxy groups -OCH3 is 1. The number of ether oxygens (including phenoxy) is 1. The summed E-state index contributed by atoms with van der Waals surface area (Å²) in [4.78, 5) is 3.97. The molecule has 0 atom stereocenters. The first kappa shape index (κ1) is 16.9. The summed E-state index contributed by atoms with van der Waals surface area (Å²) in [7, 11) is -0.263. The van der Waals surface area contributed by atoms with Crippen LogP contribution in [0, 0.1) is 0 Å². The molecule has 0 bridgehead atoms. The van der Waals surface area contributed by atoms with Gasteiger partial charge in [0.1, 0.15) is 0 Å². The summed E-state index contributed by atoms with van der Waals surface area (Å²) < 4.78 is 35.3. The summed E-state index contributed by atoms with van der Waals surface area (Å²) in [6.45, 7) is 0.810. The van der Waals surface area contributed by atoms with Crippen LogP contribution in [0.15, 0.2) is 29.7 Å². The Bertz CT molecular complexity index is 1030. The molecule has 1 aliphatic heterocycles. The van der Waals surface area contributed by atoms with Crippen molar-refractivity contribution in [2.45, 2.75) is 23.8 Å². The summed E-state index contributed by atoms with van der Waals surface area (Å²) in [6, 6.07) is 3.53. The van der Waals surface area contributed by atoms with Crippen LogP contribution >= 0.6 is 0 Å². The third-order valence-electron chi connectivity index (χ3n) is 4.58. The van der Waals surface area contributed by atoms with Crippen molar-refractivity contribution in [1.82, 2.24) is 33.7 Å². The van der Waals surface area contributed by atoms with Crippen LogP contribution in [-0.4, -0.2) is 62.3 Å². The molecule has 0 amide bonds. The number of fused-ring (bicyclic) bond motifs is 1. The van der Waals surface area contributed by atoms with Crippen LogP contribution in [-0.2, 0) is 17.1 Å². The van der Waals surface area contributed by atoms with E-state index >= 15 is 0 Å². The molecule has 0 spiro atoms. The van der Waals surface area contributed by atoms with Gasteiger partial charge in [-0.05, 0) is 18.9 Å². The Morgan fingerprint density at radius 1 is 1.19 bits per heavy atom. The van der Waals surface area contributed by atoms with E-state index in [1.165, 1.54) is 16.8 Å². The standard InChI is InChI=1S/C15H19N7O3S/c1-20-9-14(16-10-20)26(23,24)21-7-5-11(6-8-21)15-18-17-12-3-4-13(25-2)19-22(12)15/h3-4,9-11H,5-8H2,1-2H3. The fraction of sp³-hybridized carbons (Fsp3) is 0.467. The van der Waals surface area contributed by atoms with E-state index in [0.717, 1.165) is 5.82 Å². The highest BCUT2D eigenvalue weighted by Gasteiger charge is 2.33. The van der Waals surface area contributed by atoms with Gasteiger partial charge in [0.25, 0.3) is 10.0 Å². The van der Waals surface area contributed by atoms with Crippen molar-refractivity contribution in [1.29, 1.82) is 0 Å². The highest BCUT2D eigenvalue weighted by molar-refractivity contribution is 7.89. The highest BCUT2D eigenvalue weighted by Crippen LogP contribution is 2.29. The van der Waals surface area contributed by atoms with Gasteiger partial charge in [0.2, 0.25) is 5.88 Å². The van der Waals surface area contributed by atoms with Crippen LogP contribution in [0.4, 0.5) is 0 Å². The van der Waals surface area contributed by atoms with Crippen LogP contribution in [0.2, 0.25) is 0 Å². The molecule has 1 saturated heterocycles. The van der Waals surface area contributed by atoms with Crippen molar-refractivity contribution < 1.29 is 13.2 Å². The number of imidazole rings is 1. The molecule has 11 heteroatoms. The zero-order valence-electron chi connectivity index (χ0n) is 14.5. The number of aryl methyl sites for hydroxylation is 1. The Kier molecular flexibility index (Phi) is 4.11. The fourth-order valence-corrected chi connectivity index (χ4v) is 4.60. The lowest BCUT2D eigenvalue weighted by Gasteiger charge is -2.29. The molecule has 0 aliphatic carbocycles. The Labute approximate surface area is 150 Å². The summed E-state index contributed by atoms with van der Waals surface area (Å²) in [5.41, 5.74) is 0.643. The molecular formula is C15H19N7O3S. The molecule has 3 aromatic rings. The molecule has 0 aromatic carbocycles. The average molecular weight is 377 g/mol. The maximum absolute atomic E-state index is 12.7. The minimum absolute atomic E-state index is 0.0813. The van der Waals surface area contributed by atoms with E-state index in [9.17, 15) is 8.42 Å². The van der Waals surface area contributed by atoms with Crippen molar-refractivity contribution in [3.8, 4) is 5.88 Å². The van der Waals surface area contributed by atoms with Crippen LogP contribution in [0.3, 0.4) is 0 Å². The first-order chi connectivity index (χ1) is 12.5. The van der Waals surface area contributed by atoms with Gasteiger partial charge in [-0.25, -0.2) is 13.4 Å². The number of piperidine rings is 1. The molecule has 10 nitrogen and oxygen atoms in total. The van der Waals surface area contributed by atoms with Gasteiger partial charge in [-0.15, -0.1) is 15.3 Å². The van der Waals surface area contributed by atoms with E-state index in [0.29, 0.717) is 37.5 Å². The van der Waals surface area contributed by atoms with Gasteiger partial charge < -0.3 is 9.30 Å². The largest absolute Gasteiger partial charge is 0.480 e. The van der Waals surface area contributed by atoms with Crippen molar-refractivity contribution in [2.75, 3.05) is 20.2 Å². The van der Waals surface area contributed by atoms with Crippen LogP contribution in [0.5, 0.6) is 5.88 Å². The zero-order chi connectivity index (χ0) is 18.3. The summed E-state index contributed by atoms with van der Waals surface area (Å²) in [5, 5.41) is 12.8. The Morgan fingerprint density at radius 2 is 1.96 bits per heavy atom. The number of rotatable bonds is 4. The van der Waals surface area contributed by atoms with Crippen LogP contribution in [0.25, 0.3) is 5.65 Å². The van der Waals surface area contributed by atoms with E-state index in [1.807, 2.05) is 0 Å². The molecule has 1 aliphatic rings. The quantitative estimate of drug-likeness (QED) is 0.649. The molecule has 4 rings (SSSR count). The lowest BCUT2D eigenvalue weighted by Crippen LogP contribution is -2.38. The van der Waals surface area contributed by atoms with Crippen molar-refractivity contribution in [3.63, 3.8) is 0 Å². The Morgan fingerprint density at radius 3 is 2.62 bits per heavy atom. The van der Waals surface area contributed by atoms with E-state index in [4.69, 9.17) is 4.74 Å². The monoisotopic (exact) mass is 377 g/mol. The number of nitrogens with zero attached hydrogens (tertiary/aromatic N) is 7. The Hall–Kier alpha value is -2.53. The van der Waals surface area contributed by atoms with Crippen LogP contribution in [0.1, 0.15) is 24.6 Å². The number of sulfonamides is 1. The van der Waals surface area contributed by atoms with Gasteiger partial charge in [0, 0.05) is 38.3 Å². The van der Waals surface area contributed by atoms with Crippen molar-refractivity contribution >= 4 is 15.7 Å². The predicted octanol–water partition coefficient (Wildman–Crippen LogP) is 0.435. The number of hydrogen-bond donors (Lipinski definition) is 0. The first-order valence-corrected chi connectivity index (χ1v) is 9.67. The summed E-state index contributed by atoms with van der Waals surface area (Å²) in [6.07, 6.45) is 4.29. The molecule has 138 valence electrons. The highest BCUT2D eigenvalue weighted by atomic mass is 32.2. The number of hydrogen-bond acceptors (Lipinski definition) is 7. The summed E-state index contributed by atoms with van der Waals surface area (Å²) in [5.74, 6) is 1.29. The molecule has 0 radical (unpaired) electrons. The molecular weight excluding hydrogens is 358 g/mol. The molecule has 1 fully saturated rings. The molecule has 0 saturated carbocycles. The second-order valence-electron chi connectivity index (χ2n) is 6.26. The smallest absolute Gasteiger partial charge is 0.262 e. The van der Waals surface area contributed by atoms with E-state index in [2.05, 4.69) is 20.3 Å². The molecule has 0 N–H and O–H groups in total. The van der Waals surface area contributed by atoms with Gasteiger partial charge >= 0.3 is 0 Å². The lowest BCUT2D eigenvalue weighted by atomic mass is 9.97.